The molecule has 6 heteroatoms. The molecule has 0 aromatic heterocycles. The van der Waals surface area contributed by atoms with E-state index in [0.29, 0.717) is 12.3 Å². The van der Waals surface area contributed by atoms with Crippen LogP contribution in [0.2, 0.25) is 0 Å². The predicted molar refractivity (Wildman–Crippen MR) is 124 cm³/mol. The van der Waals surface area contributed by atoms with E-state index in [2.05, 4.69) is 65.8 Å². The zero-order valence-corrected chi connectivity index (χ0v) is 19.3. The molecular weight excluding hydrogens is 390 g/mol. The van der Waals surface area contributed by atoms with Crippen LogP contribution in [0.4, 0.5) is 4.79 Å². The third kappa shape index (κ3) is 5.50. The van der Waals surface area contributed by atoms with Gasteiger partial charge in [-0.3, -0.25) is 4.90 Å². The molecule has 1 aliphatic heterocycles. The Hall–Kier alpha value is -2.73. The highest BCUT2D eigenvalue weighted by molar-refractivity contribution is 5.74. The van der Waals surface area contributed by atoms with Gasteiger partial charge >= 0.3 is 6.03 Å². The fourth-order valence-electron chi connectivity index (χ4n) is 4.41. The molecule has 2 aromatic carbocycles. The van der Waals surface area contributed by atoms with Gasteiger partial charge in [-0.05, 0) is 55.5 Å². The second kappa shape index (κ2) is 10.5. The van der Waals surface area contributed by atoms with E-state index in [1.165, 1.54) is 22.3 Å². The van der Waals surface area contributed by atoms with Crippen LogP contribution in [0.25, 0.3) is 0 Å². The Balaban J connectivity index is 1.94. The highest BCUT2D eigenvalue weighted by atomic mass is 16.5. The van der Waals surface area contributed by atoms with Gasteiger partial charge in [0.1, 0.15) is 0 Å². The predicted octanol–water partition coefficient (Wildman–Crippen LogP) is 4.21. The third-order valence-electron chi connectivity index (χ3n) is 5.86. The van der Waals surface area contributed by atoms with Crippen molar-refractivity contribution < 1.29 is 14.3 Å². The number of benzene rings is 2. The molecule has 31 heavy (non-hydrogen) atoms. The fourth-order valence-corrected chi connectivity index (χ4v) is 4.41. The zero-order chi connectivity index (χ0) is 22.4. The van der Waals surface area contributed by atoms with Crippen molar-refractivity contribution in [1.82, 2.24) is 15.5 Å². The van der Waals surface area contributed by atoms with Crippen LogP contribution in [0, 0.1) is 6.92 Å². The number of hydrogen-bond acceptors (Lipinski definition) is 4. The number of nitrogens with zero attached hydrogens (tertiary/aromatic N) is 1. The van der Waals surface area contributed by atoms with Gasteiger partial charge in [0.25, 0.3) is 0 Å². The lowest BCUT2D eigenvalue weighted by Gasteiger charge is -2.41. The number of amides is 2. The van der Waals surface area contributed by atoms with Crippen molar-refractivity contribution in [2.75, 3.05) is 27.3 Å². The largest absolute Gasteiger partial charge is 0.493 e. The highest BCUT2D eigenvalue weighted by Gasteiger charge is 2.33. The van der Waals surface area contributed by atoms with E-state index in [0.717, 1.165) is 31.7 Å². The van der Waals surface area contributed by atoms with Gasteiger partial charge in [0.05, 0.1) is 20.3 Å². The summed E-state index contributed by atoms with van der Waals surface area (Å²) in [5, 5.41) is 6.08. The SMILES string of the molecule is CCCNC(=O)N[C@@H](C)[C@@H]1c2cc(OC)c(OC)cc2CCN1Cc1cccc(C)c1. The van der Waals surface area contributed by atoms with E-state index in [9.17, 15) is 4.79 Å². The molecule has 0 unspecified atom stereocenters. The summed E-state index contributed by atoms with van der Waals surface area (Å²) in [6, 6.07) is 12.6. The van der Waals surface area contributed by atoms with Crippen molar-refractivity contribution in [3.8, 4) is 11.5 Å². The number of carbonyl (C=O) groups is 1. The number of aryl methyl sites for hydroxylation is 1. The maximum atomic E-state index is 12.4. The first kappa shape index (κ1) is 22.9. The van der Waals surface area contributed by atoms with Crippen molar-refractivity contribution in [2.45, 2.75) is 52.2 Å². The van der Waals surface area contributed by atoms with Crippen molar-refractivity contribution in [2.24, 2.45) is 0 Å². The van der Waals surface area contributed by atoms with Crippen LogP contribution in [0.5, 0.6) is 11.5 Å². The molecule has 168 valence electrons. The lowest BCUT2D eigenvalue weighted by Crippen LogP contribution is -2.50. The van der Waals surface area contributed by atoms with Gasteiger partial charge in [0, 0.05) is 25.7 Å². The number of fused-ring (bicyclic) bond motifs is 1. The number of hydrogen-bond donors (Lipinski definition) is 2. The van der Waals surface area contributed by atoms with Crippen LogP contribution >= 0.6 is 0 Å². The molecule has 0 aliphatic carbocycles. The molecule has 0 saturated heterocycles. The third-order valence-corrected chi connectivity index (χ3v) is 5.86. The lowest BCUT2D eigenvalue weighted by molar-refractivity contribution is 0.143. The molecule has 0 fully saturated rings. The molecule has 6 nitrogen and oxygen atoms in total. The first-order valence-electron chi connectivity index (χ1n) is 11.1. The quantitative estimate of drug-likeness (QED) is 0.665. The second-order valence-corrected chi connectivity index (χ2v) is 8.25. The summed E-state index contributed by atoms with van der Waals surface area (Å²) < 4.78 is 11.1. The van der Waals surface area contributed by atoms with Crippen LogP contribution in [-0.4, -0.2) is 44.3 Å². The summed E-state index contributed by atoms with van der Waals surface area (Å²) in [4.78, 5) is 14.9. The number of methoxy groups -OCH3 is 2. The van der Waals surface area contributed by atoms with Gasteiger partial charge in [-0.15, -0.1) is 0 Å². The van der Waals surface area contributed by atoms with Crippen LogP contribution in [0.1, 0.15) is 48.6 Å². The molecule has 0 radical (unpaired) electrons. The van der Waals surface area contributed by atoms with Gasteiger partial charge in [-0.1, -0.05) is 36.8 Å². The zero-order valence-electron chi connectivity index (χ0n) is 19.3. The van der Waals surface area contributed by atoms with Gasteiger partial charge in [-0.25, -0.2) is 4.79 Å². The van der Waals surface area contributed by atoms with Gasteiger partial charge in [0.15, 0.2) is 11.5 Å². The minimum Gasteiger partial charge on any atom is -0.493 e. The topological polar surface area (TPSA) is 62.8 Å². The smallest absolute Gasteiger partial charge is 0.315 e. The molecule has 2 atom stereocenters. The van der Waals surface area contributed by atoms with E-state index in [4.69, 9.17) is 9.47 Å². The van der Waals surface area contributed by atoms with Crippen LogP contribution in [0.15, 0.2) is 36.4 Å². The van der Waals surface area contributed by atoms with Crippen LogP contribution in [0.3, 0.4) is 0 Å². The molecule has 2 N–H and O–H groups in total. The van der Waals surface area contributed by atoms with E-state index in [1.807, 2.05) is 6.92 Å². The average Bonchev–Trinajstić information content (AvgIpc) is 2.76. The van der Waals surface area contributed by atoms with E-state index >= 15 is 0 Å². The molecule has 2 amide bonds. The molecule has 0 saturated carbocycles. The van der Waals surface area contributed by atoms with Crippen molar-refractivity contribution in [1.29, 1.82) is 0 Å². The van der Waals surface area contributed by atoms with Crippen molar-refractivity contribution >= 4 is 6.03 Å². The standard InChI is InChI=1S/C25H35N3O3/c1-6-11-26-25(29)27-18(3)24-21-15-23(31-5)22(30-4)14-20(21)10-12-28(24)16-19-9-7-8-17(2)13-19/h7-9,13-15,18,24H,6,10-12,16H2,1-5H3,(H2,26,27,29)/t18-,24+/m0/s1. The van der Waals surface area contributed by atoms with E-state index in [-0.39, 0.29) is 18.1 Å². The summed E-state index contributed by atoms with van der Waals surface area (Å²) in [5.74, 6) is 1.46. The normalized spacial score (nSPS) is 16.9. The molecule has 1 heterocycles. The monoisotopic (exact) mass is 425 g/mol. The van der Waals surface area contributed by atoms with Crippen molar-refractivity contribution in [3.63, 3.8) is 0 Å². The fraction of sp³-hybridized carbons (Fsp3) is 0.480. The number of rotatable bonds is 8. The van der Waals surface area contributed by atoms with Gasteiger partial charge < -0.3 is 20.1 Å². The minimum absolute atomic E-state index is 0.0245. The van der Waals surface area contributed by atoms with E-state index in [1.54, 1.807) is 14.2 Å². The lowest BCUT2D eigenvalue weighted by atomic mass is 9.87. The number of urea groups is 1. The Morgan fingerprint density at radius 3 is 2.61 bits per heavy atom. The average molecular weight is 426 g/mol. The first-order valence-corrected chi connectivity index (χ1v) is 11.1. The first-order chi connectivity index (χ1) is 15.0. The summed E-state index contributed by atoms with van der Waals surface area (Å²) in [6.45, 7) is 8.63. The number of carbonyl (C=O) groups excluding carboxylic acids is 1. The maximum Gasteiger partial charge on any atom is 0.315 e. The Morgan fingerprint density at radius 1 is 1.19 bits per heavy atom. The Bertz CT molecular complexity index is 900. The molecule has 0 bridgehead atoms. The molecule has 1 aliphatic rings. The molecule has 2 aromatic rings. The Kier molecular flexibility index (Phi) is 7.80. The summed E-state index contributed by atoms with van der Waals surface area (Å²) in [7, 11) is 3.32. The van der Waals surface area contributed by atoms with Crippen LogP contribution < -0.4 is 20.1 Å². The summed E-state index contributed by atoms with van der Waals surface area (Å²) in [6.07, 6.45) is 1.83. The Morgan fingerprint density at radius 2 is 1.94 bits per heavy atom. The maximum absolute atomic E-state index is 12.4. The number of ether oxygens (including phenoxy) is 2. The Labute approximate surface area is 185 Å². The van der Waals surface area contributed by atoms with Gasteiger partial charge in [-0.2, -0.15) is 0 Å². The molecule has 0 spiro atoms. The number of nitrogens with one attached hydrogen (secondary N) is 2. The highest BCUT2D eigenvalue weighted by Crippen LogP contribution is 2.40. The molecule has 3 rings (SSSR count). The summed E-state index contributed by atoms with van der Waals surface area (Å²) >= 11 is 0. The van der Waals surface area contributed by atoms with Crippen LogP contribution in [-0.2, 0) is 13.0 Å². The second-order valence-electron chi connectivity index (χ2n) is 8.25. The minimum atomic E-state index is -0.127. The van der Waals surface area contributed by atoms with E-state index < -0.39 is 0 Å². The van der Waals surface area contributed by atoms with Crippen molar-refractivity contribution in [3.05, 3.63) is 58.7 Å². The molecular formula is C25H35N3O3. The summed E-state index contributed by atoms with van der Waals surface area (Å²) in [5.41, 5.74) is 4.95. The van der Waals surface area contributed by atoms with Gasteiger partial charge in [0.2, 0.25) is 0 Å².